The van der Waals surface area contributed by atoms with Gasteiger partial charge in [0, 0.05) is 24.3 Å². The Morgan fingerprint density at radius 2 is 1.48 bits per heavy atom. The number of hydrazine groups is 2. The molecule has 11 heteroatoms. The summed E-state index contributed by atoms with van der Waals surface area (Å²) in [6, 6.07) is 12.5. The second-order valence-corrected chi connectivity index (χ2v) is 7.69. The largest absolute Gasteiger partial charge is 0.329 e. The average Bonchev–Trinajstić information content (AvgIpc) is 3.22. The van der Waals surface area contributed by atoms with Gasteiger partial charge < -0.3 is 4.74 Å². The fourth-order valence-electron chi connectivity index (χ4n) is 4.36. The molecule has 0 amide bonds. The van der Waals surface area contributed by atoms with Crippen molar-refractivity contribution in [3.05, 3.63) is 68.8 Å². The van der Waals surface area contributed by atoms with Gasteiger partial charge in [0.25, 0.3) is 11.4 Å². The first-order chi connectivity index (χ1) is 15.0. The zero-order valence-electron chi connectivity index (χ0n) is 16.6. The molecule has 31 heavy (non-hydrogen) atoms. The van der Waals surface area contributed by atoms with Crippen LogP contribution in [0.15, 0.2) is 53.6 Å². The smallest absolute Gasteiger partial charge is 0.269 e. The number of ether oxygens (including phenoxy) is 1. The van der Waals surface area contributed by atoms with Gasteiger partial charge in [0.05, 0.1) is 26.9 Å². The van der Waals surface area contributed by atoms with Gasteiger partial charge in [-0.3, -0.25) is 25.2 Å². The number of hydrazone groups is 1. The van der Waals surface area contributed by atoms with E-state index in [-0.39, 0.29) is 18.1 Å². The van der Waals surface area contributed by atoms with Gasteiger partial charge >= 0.3 is 0 Å². The summed E-state index contributed by atoms with van der Waals surface area (Å²) < 4.78 is 6.34. The maximum atomic E-state index is 11.0. The van der Waals surface area contributed by atoms with Crippen LogP contribution in [0.5, 0.6) is 0 Å². The Morgan fingerprint density at radius 1 is 0.871 bits per heavy atom. The van der Waals surface area contributed by atoms with Gasteiger partial charge in [-0.2, -0.15) is 10.2 Å². The lowest BCUT2D eigenvalue weighted by molar-refractivity contribution is -0.385. The SMILES string of the molecule is O=[N+]([O-])c1ccc(N2COC34CCCCCC3=NN(c3ccc([N+](=O)[O-])cc3)N24)cc1. The lowest BCUT2D eigenvalue weighted by atomic mass is 10.0. The summed E-state index contributed by atoms with van der Waals surface area (Å²) in [7, 11) is 0. The summed E-state index contributed by atoms with van der Waals surface area (Å²) in [5.41, 5.74) is 1.62. The van der Waals surface area contributed by atoms with Crippen molar-refractivity contribution in [3.63, 3.8) is 0 Å². The summed E-state index contributed by atoms with van der Waals surface area (Å²) in [5.74, 6) is 0. The molecule has 1 aliphatic carbocycles. The average molecular weight is 424 g/mol. The highest BCUT2D eigenvalue weighted by atomic mass is 16.6. The van der Waals surface area contributed by atoms with Crippen molar-refractivity contribution in [3.8, 4) is 0 Å². The second kappa shape index (κ2) is 7.29. The van der Waals surface area contributed by atoms with Gasteiger partial charge in [0.1, 0.15) is 6.73 Å². The zero-order chi connectivity index (χ0) is 21.6. The first-order valence-corrected chi connectivity index (χ1v) is 10.1. The van der Waals surface area contributed by atoms with Crippen LogP contribution in [0.4, 0.5) is 22.7 Å². The number of benzene rings is 2. The third kappa shape index (κ3) is 3.09. The molecule has 0 aromatic heterocycles. The molecule has 2 aromatic rings. The lowest BCUT2D eigenvalue weighted by Gasteiger charge is -2.37. The van der Waals surface area contributed by atoms with E-state index in [9.17, 15) is 20.2 Å². The van der Waals surface area contributed by atoms with Crippen molar-refractivity contribution in [2.24, 2.45) is 5.10 Å². The molecule has 160 valence electrons. The fourth-order valence-corrected chi connectivity index (χ4v) is 4.36. The number of anilines is 2. The molecule has 1 atom stereocenters. The van der Waals surface area contributed by atoms with Crippen LogP contribution in [0.1, 0.15) is 32.1 Å². The minimum atomic E-state index is -0.722. The predicted octanol–water partition coefficient (Wildman–Crippen LogP) is 3.97. The van der Waals surface area contributed by atoms with Crippen LogP contribution in [-0.2, 0) is 4.74 Å². The number of nitro benzene ring substituents is 2. The number of nitro groups is 2. The van der Waals surface area contributed by atoms with Crippen molar-refractivity contribution in [1.29, 1.82) is 0 Å². The van der Waals surface area contributed by atoms with E-state index in [1.165, 1.54) is 24.3 Å². The molecule has 5 rings (SSSR count). The van der Waals surface area contributed by atoms with Gasteiger partial charge in [-0.25, -0.2) is 0 Å². The van der Waals surface area contributed by atoms with Crippen LogP contribution >= 0.6 is 0 Å². The second-order valence-electron chi connectivity index (χ2n) is 7.69. The van der Waals surface area contributed by atoms with E-state index >= 15 is 0 Å². The van der Waals surface area contributed by atoms with Gasteiger partial charge in [-0.15, -0.1) is 0 Å². The highest BCUT2D eigenvalue weighted by Crippen LogP contribution is 2.45. The molecule has 0 bridgehead atoms. The molecule has 3 aliphatic rings. The summed E-state index contributed by atoms with van der Waals surface area (Å²) in [6.07, 6.45) is 4.65. The number of nitrogens with zero attached hydrogens (tertiary/aromatic N) is 6. The maximum Gasteiger partial charge on any atom is 0.269 e. The lowest BCUT2D eigenvalue weighted by Crippen LogP contribution is -2.56. The number of hydrogen-bond acceptors (Lipinski definition) is 9. The monoisotopic (exact) mass is 424 g/mol. The summed E-state index contributed by atoms with van der Waals surface area (Å²) in [4.78, 5) is 21.2. The van der Waals surface area contributed by atoms with E-state index in [1.54, 1.807) is 29.4 Å². The fraction of sp³-hybridized carbons (Fsp3) is 0.350. The molecule has 0 N–H and O–H groups in total. The Bertz CT molecular complexity index is 1060. The molecule has 2 heterocycles. The van der Waals surface area contributed by atoms with Crippen LogP contribution in [0.3, 0.4) is 0 Å². The Balaban J connectivity index is 1.55. The summed E-state index contributed by atoms with van der Waals surface area (Å²) in [6.45, 7) is 0.264. The first-order valence-electron chi connectivity index (χ1n) is 10.1. The van der Waals surface area contributed by atoms with E-state index in [2.05, 4.69) is 0 Å². The van der Waals surface area contributed by atoms with Crippen molar-refractivity contribution >= 4 is 28.5 Å². The highest BCUT2D eigenvalue weighted by Gasteiger charge is 2.58. The summed E-state index contributed by atoms with van der Waals surface area (Å²) in [5, 5.41) is 32.5. The third-order valence-corrected chi connectivity index (χ3v) is 5.90. The molecular weight excluding hydrogens is 404 g/mol. The maximum absolute atomic E-state index is 11.0. The van der Waals surface area contributed by atoms with Crippen molar-refractivity contribution in [2.75, 3.05) is 16.9 Å². The molecule has 1 saturated carbocycles. The van der Waals surface area contributed by atoms with Crippen LogP contribution in [0.2, 0.25) is 0 Å². The normalized spacial score (nSPS) is 23.2. The van der Waals surface area contributed by atoms with Crippen LogP contribution < -0.4 is 10.1 Å². The third-order valence-electron chi connectivity index (χ3n) is 5.90. The Kier molecular flexibility index (Phi) is 4.56. The van der Waals surface area contributed by atoms with Crippen molar-refractivity contribution in [2.45, 2.75) is 37.8 Å². The predicted molar refractivity (Wildman–Crippen MR) is 112 cm³/mol. The topological polar surface area (TPSA) is 118 Å². The van der Waals surface area contributed by atoms with E-state index in [0.29, 0.717) is 5.69 Å². The number of rotatable bonds is 4. The molecular formula is C20H20N6O5. The molecule has 2 aliphatic heterocycles. The molecule has 1 unspecified atom stereocenters. The Hall–Kier alpha value is -3.57. The standard InChI is InChI=1S/C20H20N6O5/c27-24(28)17-9-5-15(6-10-17)22-14-31-20-13-3-1-2-4-19(20)21-23(26(20)22)16-7-11-18(12-8-16)25(29)30/h5-12H,1-4,13-14H2. The van der Waals surface area contributed by atoms with Gasteiger partial charge in [0.15, 0.2) is 0 Å². The zero-order valence-corrected chi connectivity index (χ0v) is 16.6. The molecule has 0 radical (unpaired) electrons. The number of hydrogen-bond donors (Lipinski definition) is 0. The molecule has 2 aromatic carbocycles. The molecule has 2 fully saturated rings. The molecule has 1 spiro atoms. The van der Waals surface area contributed by atoms with Gasteiger partial charge in [-0.05, 0) is 49.9 Å². The molecule has 1 saturated heterocycles. The van der Waals surface area contributed by atoms with Gasteiger partial charge in [0.2, 0.25) is 5.72 Å². The first kappa shape index (κ1) is 19.4. The number of non-ortho nitro benzene ring substituents is 2. The minimum absolute atomic E-state index is 0.00410. The van der Waals surface area contributed by atoms with Crippen molar-refractivity contribution in [1.82, 2.24) is 5.12 Å². The van der Waals surface area contributed by atoms with E-state index < -0.39 is 15.6 Å². The highest BCUT2D eigenvalue weighted by molar-refractivity contribution is 5.96. The van der Waals surface area contributed by atoms with Crippen LogP contribution in [-0.4, -0.2) is 33.1 Å². The Morgan fingerprint density at radius 3 is 2.10 bits per heavy atom. The minimum Gasteiger partial charge on any atom is -0.329 e. The Labute approximate surface area is 177 Å². The van der Waals surface area contributed by atoms with Gasteiger partial charge in [-0.1, -0.05) is 11.5 Å². The quantitative estimate of drug-likeness (QED) is 0.534. The van der Waals surface area contributed by atoms with Crippen LogP contribution in [0.25, 0.3) is 0 Å². The summed E-state index contributed by atoms with van der Waals surface area (Å²) >= 11 is 0. The van der Waals surface area contributed by atoms with Crippen LogP contribution in [0, 0.1) is 20.2 Å². The van der Waals surface area contributed by atoms with E-state index in [1.807, 2.05) is 10.1 Å². The molecule has 11 nitrogen and oxygen atoms in total. The van der Waals surface area contributed by atoms with E-state index in [4.69, 9.17) is 9.84 Å². The van der Waals surface area contributed by atoms with E-state index in [0.717, 1.165) is 43.5 Å². The van der Waals surface area contributed by atoms with Crippen molar-refractivity contribution < 1.29 is 14.6 Å².